The number of tetrazole rings is 1. The van der Waals surface area contributed by atoms with Crippen LogP contribution >= 0.6 is 0 Å². The molecular weight excluding hydrogens is 292 g/mol. The van der Waals surface area contributed by atoms with Crippen molar-refractivity contribution in [1.82, 2.24) is 19.8 Å². The van der Waals surface area contributed by atoms with E-state index in [9.17, 15) is 4.79 Å². The molecule has 6 heteroatoms. The Balaban J connectivity index is 1.96. The lowest BCUT2D eigenvalue weighted by Crippen LogP contribution is -2.22. The summed E-state index contributed by atoms with van der Waals surface area (Å²) in [5.41, 5.74) is 3.48. The molecule has 3 aromatic rings. The van der Waals surface area contributed by atoms with Crippen LogP contribution in [-0.2, 0) is 13.7 Å². The normalized spacial score (nSPS) is 10.7. The van der Waals surface area contributed by atoms with Gasteiger partial charge in [0.15, 0.2) is 0 Å². The van der Waals surface area contributed by atoms with Crippen LogP contribution in [0.4, 0.5) is 0 Å². The summed E-state index contributed by atoms with van der Waals surface area (Å²) in [5.74, 6) is 0.636. The molecule has 3 rings (SSSR count). The summed E-state index contributed by atoms with van der Waals surface area (Å²) in [4.78, 5) is 12.1. The van der Waals surface area contributed by atoms with Crippen molar-refractivity contribution >= 4 is 0 Å². The summed E-state index contributed by atoms with van der Waals surface area (Å²) in [6.45, 7) is 4.41. The van der Waals surface area contributed by atoms with Gasteiger partial charge in [-0.2, -0.15) is 9.36 Å². The third kappa shape index (κ3) is 3.01. The fourth-order valence-electron chi connectivity index (χ4n) is 2.41. The molecule has 0 atom stereocenters. The van der Waals surface area contributed by atoms with Crippen molar-refractivity contribution in [2.45, 2.75) is 20.5 Å². The van der Waals surface area contributed by atoms with E-state index in [2.05, 4.69) is 16.5 Å². The molecule has 0 saturated carbocycles. The van der Waals surface area contributed by atoms with E-state index in [1.54, 1.807) is 13.1 Å². The van der Waals surface area contributed by atoms with Gasteiger partial charge in [-0.1, -0.05) is 42.0 Å². The van der Waals surface area contributed by atoms with Gasteiger partial charge in [-0.05, 0) is 41.5 Å². The van der Waals surface area contributed by atoms with Gasteiger partial charge in [-0.15, -0.1) is 0 Å². The van der Waals surface area contributed by atoms with E-state index in [-0.39, 0.29) is 5.69 Å². The van der Waals surface area contributed by atoms with E-state index in [1.165, 1.54) is 14.9 Å². The fourth-order valence-corrected chi connectivity index (χ4v) is 2.41. The van der Waals surface area contributed by atoms with Gasteiger partial charge in [-0.25, -0.2) is 4.79 Å². The zero-order valence-electron chi connectivity index (χ0n) is 13.4. The smallest absolute Gasteiger partial charge is 0.368 e. The molecule has 0 amide bonds. The maximum absolute atomic E-state index is 12.1. The number of ether oxygens (including phenoxy) is 1. The van der Waals surface area contributed by atoms with Gasteiger partial charge < -0.3 is 4.74 Å². The molecule has 2 aromatic carbocycles. The van der Waals surface area contributed by atoms with Crippen molar-refractivity contribution in [3.05, 3.63) is 69.6 Å². The van der Waals surface area contributed by atoms with Crippen LogP contribution in [0.2, 0.25) is 0 Å². The largest absolute Gasteiger partial charge is 0.486 e. The Morgan fingerprint density at radius 3 is 2.57 bits per heavy atom. The van der Waals surface area contributed by atoms with Crippen LogP contribution in [0.15, 0.2) is 47.3 Å². The highest BCUT2D eigenvalue weighted by atomic mass is 16.5. The van der Waals surface area contributed by atoms with E-state index >= 15 is 0 Å². The van der Waals surface area contributed by atoms with E-state index < -0.39 is 0 Å². The minimum atomic E-state index is -0.309. The highest BCUT2D eigenvalue weighted by molar-refractivity contribution is 5.50. The average Bonchev–Trinajstić information content (AvgIpc) is 2.86. The molecule has 1 aromatic heterocycles. The summed E-state index contributed by atoms with van der Waals surface area (Å²) < 4.78 is 8.43. The number of hydrogen-bond acceptors (Lipinski definition) is 4. The topological polar surface area (TPSA) is 61.9 Å². The zero-order chi connectivity index (χ0) is 16.4. The van der Waals surface area contributed by atoms with E-state index in [0.29, 0.717) is 18.0 Å². The first-order chi connectivity index (χ1) is 11.1. The molecule has 0 N–H and O–H groups in total. The van der Waals surface area contributed by atoms with E-state index in [4.69, 9.17) is 4.74 Å². The molecular formula is C17H18N4O2. The fraction of sp³-hybridized carbons (Fsp3) is 0.235. The third-order valence-electron chi connectivity index (χ3n) is 3.61. The van der Waals surface area contributed by atoms with Crippen molar-refractivity contribution in [2.75, 3.05) is 0 Å². The zero-order valence-corrected chi connectivity index (χ0v) is 13.4. The van der Waals surface area contributed by atoms with Crippen LogP contribution < -0.4 is 10.4 Å². The number of rotatable bonds is 4. The maximum atomic E-state index is 12.1. The Bertz CT molecular complexity index is 896. The second-order valence-electron chi connectivity index (χ2n) is 5.50. The number of nitrogens with zero attached hydrogens (tertiary/aromatic N) is 4. The summed E-state index contributed by atoms with van der Waals surface area (Å²) in [6, 6.07) is 13.7. The van der Waals surface area contributed by atoms with Crippen LogP contribution in [0, 0.1) is 13.8 Å². The van der Waals surface area contributed by atoms with Crippen molar-refractivity contribution in [3.63, 3.8) is 0 Å². The van der Waals surface area contributed by atoms with E-state index in [0.717, 1.165) is 11.1 Å². The first kappa shape index (κ1) is 15.0. The molecule has 0 aliphatic heterocycles. The molecule has 0 aliphatic carbocycles. The summed E-state index contributed by atoms with van der Waals surface area (Å²) in [6.07, 6.45) is 0. The first-order valence-electron chi connectivity index (χ1n) is 7.33. The molecule has 118 valence electrons. The number of para-hydroxylation sites is 1. The highest BCUT2D eigenvalue weighted by Crippen LogP contribution is 2.26. The van der Waals surface area contributed by atoms with Gasteiger partial charge in [0.2, 0.25) is 0 Å². The SMILES string of the molecule is Cc1cccc(COc2c(C)cccc2-n2nnn(C)c2=O)c1. The van der Waals surface area contributed by atoms with Gasteiger partial charge in [0.25, 0.3) is 0 Å². The molecule has 0 spiro atoms. The minimum Gasteiger partial charge on any atom is -0.486 e. The second-order valence-corrected chi connectivity index (χ2v) is 5.50. The Labute approximate surface area is 133 Å². The summed E-state index contributed by atoms with van der Waals surface area (Å²) >= 11 is 0. The lowest BCUT2D eigenvalue weighted by molar-refractivity contribution is 0.302. The van der Waals surface area contributed by atoms with Crippen LogP contribution in [0.3, 0.4) is 0 Å². The quantitative estimate of drug-likeness (QED) is 0.741. The van der Waals surface area contributed by atoms with Gasteiger partial charge in [0.05, 0.1) is 0 Å². The van der Waals surface area contributed by atoms with E-state index in [1.807, 2.05) is 44.2 Å². The molecule has 1 heterocycles. The predicted molar refractivity (Wildman–Crippen MR) is 86.8 cm³/mol. The van der Waals surface area contributed by atoms with Crippen molar-refractivity contribution in [2.24, 2.45) is 7.05 Å². The van der Waals surface area contributed by atoms with Crippen LogP contribution in [-0.4, -0.2) is 19.8 Å². The third-order valence-corrected chi connectivity index (χ3v) is 3.61. The molecule has 0 saturated heterocycles. The molecule has 23 heavy (non-hydrogen) atoms. The number of aryl methyl sites for hydroxylation is 3. The number of aromatic nitrogens is 4. The minimum absolute atomic E-state index is 0.309. The van der Waals surface area contributed by atoms with Gasteiger partial charge in [0, 0.05) is 7.05 Å². The Morgan fingerprint density at radius 2 is 1.87 bits per heavy atom. The van der Waals surface area contributed by atoms with Gasteiger partial charge in [-0.3, -0.25) is 0 Å². The van der Waals surface area contributed by atoms with Crippen molar-refractivity contribution in [3.8, 4) is 11.4 Å². The Kier molecular flexibility index (Phi) is 3.97. The molecule has 0 fully saturated rings. The van der Waals surface area contributed by atoms with Gasteiger partial charge in [0.1, 0.15) is 18.0 Å². The Morgan fingerprint density at radius 1 is 1.09 bits per heavy atom. The lowest BCUT2D eigenvalue weighted by Gasteiger charge is -2.13. The molecule has 0 bridgehead atoms. The average molecular weight is 310 g/mol. The standard InChI is InChI=1S/C17H18N4O2/c1-12-6-4-8-14(10-12)11-23-16-13(2)7-5-9-15(16)21-17(22)20(3)18-19-21/h4-10H,11H2,1-3H3. The predicted octanol–water partition coefficient (Wildman–Crippen LogP) is 2.16. The Hall–Kier alpha value is -2.89. The summed E-state index contributed by atoms with van der Waals surface area (Å²) in [5, 5.41) is 7.65. The lowest BCUT2D eigenvalue weighted by atomic mass is 10.1. The number of benzene rings is 2. The number of hydrogen-bond donors (Lipinski definition) is 0. The molecule has 0 aliphatic rings. The summed E-state index contributed by atoms with van der Waals surface area (Å²) in [7, 11) is 1.56. The second kappa shape index (κ2) is 6.08. The van der Waals surface area contributed by atoms with Crippen molar-refractivity contribution in [1.29, 1.82) is 0 Å². The highest BCUT2D eigenvalue weighted by Gasteiger charge is 2.14. The van der Waals surface area contributed by atoms with Crippen LogP contribution in [0.5, 0.6) is 5.75 Å². The monoisotopic (exact) mass is 310 g/mol. The van der Waals surface area contributed by atoms with Crippen molar-refractivity contribution < 1.29 is 4.74 Å². The maximum Gasteiger partial charge on any atom is 0.368 e. The van der Waals surface area contributed by atoms with Crippen LogP contribution in [0.25, 0.3) is 5.69 Å². The molecule has 0 unspecified atom stereocenters. The first-order valence-corrected chi connectivity index (χ1v) is 7.33. The van der Waals surface area contributed by atoms with Crippen LogP contribution in [0.1, 0.15) is 16.7 Å². The molecule has 6 nitrogen and oxygen atoms in total. The van der Waals surface area contributed by atoms with Gasteiger partial charge >= 0.3 is 5.69 Å². The molecule has 0 radical (unpaired) electrons.